The maximum Gasteiger partial charge on any atom is 0.306 e. The lowest BCUT2D eigenvalue weighted by Crippen LogP contribution is -2.32. The molecule has 0 amide bonds. The summed E-state index contributed by atoms with van der Waals surface area (Å²) >= 11 is 0. The highest BCUT2D eigenvalue weighted by Crippen LogP contribution is 2.44. The SMILES string of the molecule is CCOC(=O)CCC1=Cc2cc(C)ccc2C(C2CCNCC2)c2ncccc21. The molecule has 4 nitrogen and oxygen atoms in total. The van der Waals surface area contributed by atoms with Crippen LogP contribution >= 0.6 is 0 Å². The Balaban J connectivity index is 1.79. The van der Waals surface area contributed by atoms with Gasteiger partial charge in [-0.05, 0) is 80.4 Å². The number of ether oxygens (including phenoxy) is 1. The number of allylic oxidation sites excluding steroid dienone is 1. The van der Waals surface area contributed by atoms with Crippen LogP contribution in [0.15, 0.2) is 36.5 Å². The quantitative estimate of drug-likeness (QED) is 0.751. The highest BCUT2D eigenvalue weighted by atomic mass is 16.5. The summed E-state index contributed by atoms with van der Waals surface area (Å²) in [6.07, 6.45) is 7.58. The van der Waals surface area contributed by atoms with Crippen molar-refractivity contribution in [3.63, 3.8) is 0 Å². The molecule has 4 heteroatoms. The average Bonchev–Trinajstić information content (AvgIpc) is 2.87. The first kappa shape index (κ1) is 19.8. The van der Waals surface area contributed by atoms with Gasteiger partial charge in [0.25, 0.3) is 0 Å². The maximum absolute atomic E-state index is 12.0. The number of aryl methyl sites for hydroxylation is 1. The molecule has 0 saturated carbocycles. The largest absolute Gasteiger partial charge is 0.466 e. The first-order valence-corrected chi connectivity index (χ1v) is 10.8. The van der Waals surface area contributed by atoms with Gasteiger partial charge in [-0.1, -0.05) is 35.9 Å². The molecule has 2 heterocycles. The predicted octanol–water partition coefficient (Wildman–Crippen LogP) is 4.72. The van der Waals surface area contributed by atoms with E-state index in [1.165, 1.54) is 27.8 Å². The Labute approximate surface area is 173 Å². The van der Waals surface area contributed by atoms with Gasteiger partial charge in [0.1, 0.15) is 0 Å². The third-order valence-corrected chi connectivity index (χ3v) is 6.15. The van der Waals surface area contributed by atoms with E-state index in [4.69, 9.17) is 9.72 Å². The molecule has 1 aliphatic carbocycles. The lowest BCUT2D eigenvalue weighted by Gasteiger charge is -2.32. The zero-order valence-corrected chi connectivity index (χ0v) is 17.4. The number of fused-ring (bicyclic) bond motifs is 2. The van der Waals surface area contributed by atoms with E-state index in [0.717, 1.165) is 31.6 Å². The van der Waals surface area contributed by atoms with Crippen LogP contribution in [-0.2, 0) is 9.53 Å². The van der Waals surface area contributed by atoms with E-state index < -0.39 is 0 Å². The fraction of sp³-hybridized carbons (Fsp3) is 0.440. The standard InChI is InChI=1S/C25H30N2O2/c1-3-29-23(28)9-7-19-16-20-15-17(2)6-8-21(20)24(18-10-13-26-14-11-18)25-22(19)5-4-12-27-25/h4-6,8,12,15-16,18,24,26H,3,7,9-11,13-14H2,1-2H3. The minimum absolute atomic E-state index is 0.137. The topological polar surface area (TPSA) is 51.2 Å². The highest BCUT2D eigenvalue weighted by Gasteiger charge is 2.33. The molecule has 1 saturated heterocycles. The summed E-state index contributed by atoms with van der Waals surface area (Å²) < 4.78 is 5.17. The number of hydrogen-bond acceptors (Lipinski definition) is 4. The van der Waals surface area contributed by atoms with E-state index in [1.54, 1.807) is 0 Å². The van der Waals surface area contributed by atoms with Crippen molar-refractivity contribution >= 4 is 17.6 Å². The second-order valence-electron chi connectivity index (χ2n) is 8.11. The number of nitrogens with zero attached hydrogens (tertiary/aromatic N) is 1. The van der Waals surface area contributed by atoms with Gasteiger partial charge in [-0.2, -0.15) is 0 Å². The second-order valence-corrected chi connectivity index (χ2v) is 8.11. The minimum Gasteiger partial charge on any atom is -0.466 e. The first-order chi connectivity index (χ1) is 14.2. The van der Waals surface area contributed by atoms with Gasteiger partial charge in [-0.15, -0.1) is 0 Å². The van der Waals surface area contributed by atoms with Gasteiger partial charge in [0.05, 0.1) is 12.3 Å². The van der Waals surface area contributed by atoms with Gasteiger partial charge in [0.2, 0.25) is 0 Å². The number of piperidine rings is 1. The molecule has 0 bridgehead atoms. The van der Waals surface area contributed by atoms with Crippen LogP contribution in [0.25, 0.3) is 11.6 Å². The molecule has 0 radical (unpaired) electrons. The summed E-state index contributed by atoms with van der Waals surface area (Å²) in [5.74, 6) is 0.729. The van der Waals surface area contributed by atoms with Crippen LogP contribution in [0.5, 0.6) is 0 Å². The zero-order valence-electron chi connectivity index (χ0n) is 17.4. The molecule has 4 rings (SSSR count). The van der Waals surface area contributed by atoms with Gasteiger partial charge in [0, 0.05) is 18.5 Å². The Morgan fingerprint density at radius 1 is 1.24 bits per heavy atom. The molecule has 1 aliphatic heterocycles. The van der Waals surface area contributed by atoms with Crippen LogP contribution in [0.2, 0.25) is 0 Å². The molecule has 152 valence electrons. The lowest BCUT2D eigenvalue weighted by atomic mass is 9.76. The third-order valence-electron chi connectivity index (χ3n) is 6.15. The van der Waals surface area contributed by atoms with E-state index >= 15 is 0 Å². The number of benzene rings is 1. The van der Waals surface area contributed by atoms with Crippen molar-refractivity contribution in [2.24, 2.45) is 5.92 Å². The number of carbonyl (C=O) groups excluding carboxylic acids is 1. The number of nitrogens with one attached hydrogen (secondary N) is 1. The van der Waals surface area contributed by atoms with Crippen LogP contribution in [0.4, 0.5) is 0 Å². The molecule has 1 fully saturated rings. The van der Waals surface area contributed by atoms with Crippen molar-refractivity contribution in [3.05, 3.63) is 64.5 Å². The van der Waals surface area contributed by atoms with Crippen molar-refractivity contribution < 1.29 is 9.53 Å². The van der Waals surface area contributed by atoms with Crippen molar-refractivity contribution in [1.29, 1.82) is 0 Å². The molecule has 2 aromatic rings. The fourth-order valence-corrected chi connectivity index (χ4v) is 4.78. The Morgan fingerprint density at radius 2 is 2.07 bits per heavy atom. The molecule has 1 aromatic heterocycles. The molecule has 1 atom stereocenters. The lowest BCUT2D eigenvalue weighted by molar-refractivity contribution is -0.142. The first-order valence-electron chi connectivity index (χ1n) is 10.8. The monoisotopic (exact) mass is 390 g/mol. The Kier molecular flexibility index (Phi) is 6.10. The van der Waals surface area contributed by atoms with Crippen molar-refractivity contribution in [2.75, 3.05) is 19.7 Å². The zero-order chi connectivity index (χ0) is 20.2. The molecule has 29 heavy (non-hydrogen) atoms. The molecule has 1 unspecified atom stereocenters. The van der Waals surface area contributed by atoms with Crippen LogP contribution < -0.4 is 5.32 Å². The summed E-state index contributed by atoms with van der Waals surface area (Å²) in [4.78, 5) is 16.9. The van der Waals surface area contributed by atoms with Crippen LogP contribution in [0.3, 0.4) is 0 Å². The highest BCUT2D eigenvalue weighted by molar-refractivity contribution is 5.87. The van der Waals surface area contributed by atoms with E-state index in [-0.39, 0.29) is 5.97 Å². The molecular formula is C25H30N2O2. The molecular weight excluding hydrogens is 360 g/mol. The van der Waals surface area contributed by atoms with Gasteiger partial charge < -0.3 is 10.1 Å². The van der Waals surface area contributed by atoms with Crippen LogP contribution in [-0.4, -0.2) is 30.6 Å². The molecule has 1 N–H and O–H groups in total. The molecule has 0 spiro atoms. The predicted molar refractivity (Wildman–Crippen MR) is 117 cm³/mol. The Hall–Kier alpha value is -2.46. The number of carbonyl (C=O) groups is 1. The fourth-order valence-electron chi connectivity index (χ4n) is 4.78. The normalized spacial score (nSPS) is 19.0. The van der Waals surface area contributed by atoms with E-state index in [2.05, 4.69) is 42.6 Å². The van der Waals surface area contributed by atoms with Gasteiger partial charge in [-0.25, -0.2) is 0 Å². The Bertz CT molecular complexity index is 913. The molecule has 2 aliphatic rings. The van der Waals surface area contributed by atoms with Crippen molar-refractivity contribution in [3.8, 4) is 0 Å². The molecule has 1 aromatic carbocycles. The van der Waals surface area contributed by atoms with E-state index in [9.17, 15) is 4.79 Å². The van der Waals surface area contributed by atoms with Gasteiger partial charge in [-0.3, -0.25) is 9.78 Å². The average molecular weight is 391 g/mol. The number of esters is 1. The maximum atomic E-state index is 12.0. The number of pyridine rings is 1. The number of aromatic nitrogens is 1. The van der Waals surface area contributed by atoms with E-state index in [1.807, 2.05) is 19.2 Å². The summed E-state index contributed by atoms with van der Waals surface area (Å²) in [6.45, 7) is 6.55. The summed E-state index contributed by atoms with van der Waals surface area (Å²) in [6, 6.07) is 11.0. The van der Waals surface area contributed by atoms with Gasteiger partial charge >= 0.3 is 5.97 Å². The van der Waals surface area contributed by atoms with Gasteiger partial charge in [0.15, 0.2) is 0 Å². The summed E-state index contributed by atoms with van der Waals surface area (Å²) in [5, 5.41) is 3.50. The Morgan fingerprint density at radius 3 is 2.86 bits per heavy atom. The third kappa shape index (κ3) is 4.27. The number of rotatable bonds is 5. The summed E-state index contributed by atoms with van der Waals surface area (Å²) in [5.41, 5.74) is 7.43. The van der Waals surface area contributed by atoms with E-state index in [0.29, 0.717) is 31.3 Å². The van der Waals surface area contributed by atoms with Crippen molar-refractivity contribution in [2.45, 2.75) is 45.4 Å². The van der Waals surface area contributed by atoms with Crippen LogP contribution in [0, 0.1) is 12.8 Å². The van der Waals surface area contributed by atoms with Crippen LogP contribution in [0.1, 0.15) is 66.5 Å². The second kappa shape index (κ2) is 8.91. The number of hydrogen-bond donors (Lipinski definition) is 1. The minimum atomic E-state index is -0.137. The van der Waals surface area contributed by atoms with Crippen molar-refractivity contribution in [1.82, 2.24) is 10.3 Å². The smallest absolute Gasteiger partial charge is 0.306 e. The summed E-state index contributed by atoms with van der Waals surface area (Å²) in [7, 11) is 0.